The lowest BCUT2D eigenvalue weighted by molar-refractivity contribution is -0.122. The summed E-state index contributed by atoms with van der Waals surface area (Å²) in [6, 6.07) is 0.190. The summed E-state index contributed by atoms with van der Waals surface area (Å²) in [4.78, 5) is 21.9. The standard InChI is InChI=1S/C10H21N3O2/c1-7(2)12-5-4-10(15)13-8(3)6-9(11)14/h7-8,12H,4-6H2,1-3H3,(H2,11,14)(H,13,15). The van der Waals surface area contributed by atoms with Crippen molar-refractivity contribution in [3.05, 3.63) is 0 Å². The van der Waals surface area contributed by atoms with Crippen molar-refractivity contribution >= 4 is 11.8 Å². The minimum Gasteiger partial charge on any atom is -0.370 e. The summed E-state index contributed by atoms with van der Waals surface area (Å²) in [5, 5.41) is 5.84. The largest absolute Gasteiger partial charge is 0.370 e. The Hall–Kier alpha value is -1.10. The van der Waals surface area contributed by atoms with E-state index < -0.39 is 5.91 Å². The smallest absolute Gasteiger partial charge is 0.221 e. The maximum absolute atomic E-state index is 11.3. The number of amides is 2. The predicted octanol–water partition coefficient (Wildman–Crippen LogP) is -0.245. The van der Waals surface area contributed by atoms with Crippen LogP contribution in [0.25, 0.3) is 0 Å². The second-order valence-electron chi connectivity index (χ2n) is 4.00. The zero-order chi connectivity index (χ0) is 11.8. The quantitative estimate of drug-likeness (QED) is 0.548. The Balaban J connectivity index is 3.60. The first kappa shape index (κ1) is 13.9. The van der Waals surface area contributed by atoms with Gasteiger partial charge in [-0.3, -0.25) is 9.59 Å². The molecule has 0 saturated carbocycles. The van der Waals surface area contributed by atoms with Crippen LogP contribution in [-0.4, -0.2) is 30.4 Å². The molecule has 0 aliphatic rings. The number of hydrogen-bond donors (Lipinski definition) is 3. The molecule has 0 spiro atoms. The van der Waals surface area contributed by atoms with Gasteiger partial charge in [0.15, 0.2) is 0 Å². The van der Waals surface area contributed by atoms with Crippen molar-refractivity contribution in [3.8, 4) is 0 Å². The van der Waals surface area contributed by atoms with Crippen molar-refractivity contribution in [2.24, 2.45) is 5.73 Å². The highest BCUT2D eigenvalue weighted by Gasteiger charge is 2.09. The van der Waals surface area contributed by atoms with Gasteiger partial charge in [0, 0.05) is 31.5 Å². The number of carbonyl (C=O) groups is 2. The van der Waals surface area contributed by atoms with Gasteiger partial charge in [0.05, 0.1) is 0 Å². The molecule has 0 bridgehead atoms. The van der Waals surface area contributed by atoms with E-state index in [2.05, 4.69) is 10.6 Å². The number of primary amides is 1. The molecule has 2 amide bonds. The third-order valence-corrected chi connectivity index (χ3v) is 1.82. The Kier molecular flexibility index (Phi) is 6.70. The summed E-state index contributed by atoms with van der Waals surface area (Å²) in [6.45, 7) is 6.45. The van der Waals surface area contributed by atoms with E-state index in [1.807, 2.05) is 13.8 Å². The van der Waals surface area contributed by atoms with Crippen LogP contribution in [0.1, 0.15) is 33.6 Å². The summed E-state index contributed by atoms with van der Waals surface area (Å²) in [6.07, 6.45) is 0.602. The monoisotopic (exact) mass is 215 g/mol. The van der Waals surface area contributed by atoms with E-state index in [9.17, 15) is 9.59 Å². The zero-order valence-electron chi connectivity index (χ0n) is 9.67. The number of nitrogens with one attached hydrogen (secondary N) is 2. The molecule has 15 heavy (non-hydrogen) atoms. The molecule has 0 saturated heterocycles. The molecule has 0 heterocycles. The Bertz CT molecular complexity index is 217. The van der Waals surface area contributed by atoms with Gasteiger partial charge < -0.3 is 16.4 Å². The van der Waals surface area contributed by atoms with Crippen LogP contribution in [0.5, 0.6) is 0 Å². The molecule has 0 fully saturated rings. The predicted molar refractivity (Wildman–Crippen MR) is 59.2 cm³/mol. The first-order chi connectivity index (χ1) is 6.91. The molecule has 5 nitrogen and oxygen atoms in total. The molecular weight excluding hydrogens is 194 g/mol. The number of nitrogens with two attached hydrogens (primary N) is 1. The topological polar surface area (TPSA) is 84.2 Å². The van der Waals surface area contributed by atoms with Crippen molar-refractivity contribution in [2.75, 3.05) is 6.54 Å². The number of carbonyl (C=O) groups excluding carboxylic acids is 2. The third-order valence-electron chi connectivity index (χ3n) is 1.82. The highest BCUT2D eigenvalue weighted by Crippen LogP contribution is 1.90. The second-order valence-corrected chi connectivity index (χ2v) is 4.00. The SMILES string of the molecule is CC(C)NCCC(=O)NC(C)CC(N)=O. The average molecular weight is 215 g/mol. The van der Waals surface area contributed by atoms with E-state index in [0.717, 1.165) is 0 Å². The molecule has 0 aliphatic heterocycles. The van der Waals surface area contributed by atoms with Gasteiger partial charge in [-0.15, -0.1) is 0 Å². The van der Waals surface area contributed by atoms with E-state index in [0.29, 0.717) is 19.0 Å². The summed E-state index contributed by atoms with van der Waals surface area (Å²) >= 11 is 0. The highest BCUT2D eigenvalue weighted by atomic mass is 16.2. The minimum atomic E-state index is -0.400. The van der Waals surface area contributed by atoms with Crippen LogP contribution < -0.4 is 16.4 Å². The van der Waals surface area contributed by atoms with E-state index in [4.69, 9.17) is 5.73 Å². The average Bonchev–Trinajstić information content (AvgIpc) is 2.00. The number of rotatable bonds is 7. The molecule has 1 unspecified atom stereocenters. The lowest BCUT2D eigenvalue weighted by Gasteiger charge is -2.12. The van der Waals surface area contributed by atoms with Crippen LogP contribution in [0.15, 0.2) is 0 Å². The fourth-order valence-corrected chi connectivity index (χ4v) is 1.17. The van der Waals surface area contributed by atoms with Gasteiger partial charge in [0.1, 0.15) is 0 Å². The normalized spacial score (nSPS) is 12.5. The van der Waals surface area contributed by atoms with Crippen LogP contribution in [-0.2, 0) is 9.59 Å². The van der Waals surface area contributed by atoms with Crippen LogP contribution >= 0.6 is 0 Å². The van der Waals surface area contributed by atoms with Gasteiger partial charge in [0.25, 0.3) is 0 Å². The maximum atomic E-state index is 11.3. The van der Waals surface area contributed by atoms with Gasteiger partial charge in [-0.25, -0.2) is 0 Å². The Morgan fingerprint density at radius 3 is 2.33 bits per heavy atom. The molecule has 0 aliphatic carbocycles. The molecule has 0 aromatic rings. The van der Waals surface area contributed by atoms with Gasteiger partial charge in [-0.1, -0.05) is 13.8 Å². The first-order valence-electron chi connectivity index (χ1n) is 5.23. The molecule has 0 aromatic carbocycles. The molecular formula is C10H21N3O2. The third kappa shape index (κ3) is 9.21. The van der Waals surface area contributed by atoms with Crippen molar-refractivity contribution < 1.29 is 9.59 Å². The zero-order valence-corrected chi connectivity index (χ0v) is 9.67. The lowest BCUT2D eigenvalue weighted by Crippen LogP contribution is -2.37. The fraction of sp³-hybridized carbons (Fsp3) is 0.800. The van der Waals surface area contributed by atoms with Crippen LogP contribution in [0.4, 0.5) is 0 Å². The summed E-state index contributed by atoms with van der Waals surface area (Å²) in [5.74, 6) is -0.458. The minimum absolute atomic E-state index is 0.0584. The summed E-state index contributed by atoms with van der Waals surface area (Å²) in [5.41, 5.74) is 5.01. The van der Waals surface area contributed by atoms with E-state index >= 15 is 0 Å². The molecule has 0 aromatic heterocycles. The molecule has 0 radical (unpaired) electrons. The Morgan fingerprint density at radius 1 is 1.27 bits per heavy atom. The van der Waals surface area contributed by atoms with Crippen molar-refractivity contribution in [3.63, 3.8) is 0 Å². The number of hydrogen-bond acceptors (Lipinski definition) is 3. The summed E-state index contributed by atoms with van der Waals surface area (Å²) < 4.78 is 0. The van der Waals surface area contributed by atoms with Crippen LogP contribution in [0.3, 0.4) is 0 Å². The van der Waals surface area contributed by atoms with Crippen molar-refractivity contribution in [1.29, 1.82) is 0 Å². The van der Waals surface area contributed by atoms with Crippen molar-refractivity contribution in [1.82, 2.24) is 10.6 Å². The summed E-state index contributed by atoms with van der Waals surface area (Å²) in [7, 11) is 0. The molecule has 5 heteroatoms. The van der Waals surface area contributed by atoms with Crippen LogP contribution in [0.2, 0.25) is 0 Å². The van der Waals surface area contributed by atoms with Crippen LogP contribution in [0, 0.1) is 0 Å². The lowest BCUT2D eigenvalue weighted by atomic mass is 10.2. The van der Waals surface area contributed by atoms with E-state index in [1.54, 1.807) is 6.92 Å². The fourth-order valence-electron chi connectivity index (χ4n) is 1.17. The molecule has 0 rings (SSSR count). The Labute approximate surface area is 90.8 Å². The van der Waals surface area contributed by atoms with E-state index in [1.165, 1.54) is 0 Å². The molecule has 4 N–H and O–H groups in total. The molecule has 1 atom stereocenters. The van der Waals surface area contributed by atoms with Gasteiger partial charge in [-0.05, 0) is 6.92 Å². The van der Waals surface area contributed by atoms with E-state index in [-0.39, 0.29) is 18.4 Å². The van der Waals surface area contributed by atoms with Crippen molar-refractivity contribution in [2.45, 2.75) is 45.7 Å². The van der Waals surface area contributed by atoms with Gasteiger partial charge in [-0.2, -0.15) is 0 Å². The maximum Gasteiger partial charge on any atom is 0.221 e. The first-order valence-corrected chi connectivity index (χ1v) is 5.23. The molecule has 88 valence electrons. The van der Waals surface area contributed by atoms with Gasteiger partial charge >= 0.3 is 0 Å². The second kappa shape index (κ2) is 7.23. The highest BCUT2D eigenvalue weighted by molar-refractivity contribution is 5.78. The Morgan fingerprint density at radius 2 is 1.87 bits per heavy atom. The van der Waals surface area contributed by atoms with Gasteiger partial charge in [0.2, 0.25) is 11.8 Å².